The lowest BCUT2D eigenvalue weighted by Crippen LogP contribution is -2.27. The average molecular weight is 310 g/mol. The van der Waals surface area contributed by atoms with Crippen molar-refractivity contribution in [3.8, 4) is 6.07 Å². The van der Waals surface area contributed by atoms with Crippen LogP contribution in [0.3, 0.4) is 0 Å². The monoisotopic (exact) mass is 310 g/mol. The zero-order chi connectivity index (χ0) is 16.1. The van der Waals surface area contributed by atoms with Crippen LogP contribution in [0.15, 0.2) is 30.6 Å². The number of nitriles is 1. The third kappa shape index (κ3) is 3.91. The molecule has 0 atom stereocenters. The van der Waals surface area contributed by atoms with E-state index in [0.717, 1.165) is 37.3 Å². The highest BCUT2D eigenvalue weighted by Crippen LogP contribution is 2.23. The van der Waals surface area contributed by atoms with Crippen molar-refractivity contribution in [3.05, 3.63) is 58.9 Å². The molecule has 1 aromatic heterocycles. The molecule has 0 radical (unpaired) electrons. The Labute approximate surface area is 135 Å². The third-order valence-electron chi connectivity index (χ3n) is 4.29. The number of nitrogens with one attached hydrogen (secondary N) is 1. The predicted octanol–water partition coefficient (Wildman–Crippen LogP) is 2.74. The lowest BCUT2D eigenvalue weighted by molar-refractivity contribution is 0.451. The van der Waals surface area contributed by atoms with Crippen molar-refractivity contribution in [1.29, 1.82) is 5.26 Å². The summed E-state index contributed by atoms with van der Waals surface area (Å²) in [6.07, 6.45) is 6.98. The molecule has 1 aliphatic heterocycles. The summed E-state index contributed by atoms with van der Waals surface area (Å²) in [4.78, 5) is 9.01. The molecule has 1 aromatic carbocycles. The molecule has 0 unspecified atom stereocenters. The number of hydrogen-bond donors (Lipinski definition) is 1. The molecule has 0 amide bonds. The van der Waals surface area contributed by atoms with Crippen molar-refractivity contribution in [3.63, 3.8) is 0 Å². The van der Waals surface area contributed by atoms with E-state index in [4.69, 9.17) is 10.2 Å². The summed E-state index contributed by atoms with van der Waals surface area (Å²) < 4.78 is 13.9. The van der Waals surface area contributed by atoms with Crippen LogP contribution in [0.25, 0.3) is 0 Å². The second kappa shape index (κ2) is 7.30. The minimum Gasteiger partial charge on any atom is -0.317 e. The van der Waals surface area contributed by atoms with Crippen molar-refractivity contribution in [2.45, 2.75) is 31.6 Å². The van der Waals surface area contributed by atoms with Gasteiger partial charge in [0.2, 0.25) is 0 Å². The van der Waals surface area contributed by atoms with E-state index >= 15 is 0 Å². The molecule has 0 aliphatic carbocycles. The predicted molar refractivity (Wildman–Crippen MR) is 85.4 cm³/mol. The van der Waals surface area contributed by atoms with Crippen LogP contribution in [0.2, 0.25) is 0 Å². The SMILES string of the molecule is N#Cc1ccc(CCc2cncc(C3CCNCC3)n2)c(F)c1. The lowest BCUT2D eigenvalue weighted by Gasteiger charge is -2.22. The lowest BCUT2D eigenvalue weighted by atomic mass is 9.95. The second-order valence-corrected chi connectivity index (χ2v) is 5.88. The number of aryl methyl sites for hydroxylation is 2. The van der Waals surface area contributed by atoms with E-state index in [1.54, 1.807) is 18.3 Å². The van der Waals surface area contributed by atoms with Crippen LogP contribution >= 0.6 is 0 Å². The number of nitrogens with zero attached hydrogens (tertiary/aromatic N) is 3. The van der Waals surface area contributed by atoms with Gasteiger partial charge in [-0.05, 0) is 56.5 Å². The molecule has 1 aliphatic rings. The normalized spacial score (nSPS) is 15.3. The van der Waals surface area contributed by atoms with Crippen molar-refractivity contribution >= 4 is 0 Å². The molecule has 118 valence electrons. The quantitative estimate of drug-likeness (QED) is 0.943. The van der Waals surface area contributed by atoms with Gasteiger partial charge in [0.1, 0.15) is 5.82 Å². The van der Waals surface area contributed by atoms with Crippen LogP contribution in [0.1, 0.15) is 41.3 Å². The minimum atomic E-state index is -0.327. The molecule has 23 heavy (non-hydrogen) atoms. The Balaban J connectivity index is 1.67. The summed E-state index contributed by atoms with van der Waals surface area (Å²) in [6, 6.07) is 6.56. The first-order chi connectivity index (χ1) is 11.3. The third-order valence-corrected chi connectivity index (χ3v) is 4.29. The molecule has 4 nitrogen and oxygen atoms in total. The molecule has 1 saturated heterocycles. The molecule has 3 rings (SSSR count). The van der Waals surface area contributed by atoms with Gasteiger partial charge in [-0.25, -0.2) is 4.39 Å². The van der Waals surface area contributed by atoms with Gasteiger partial charge in [-0.1, -0.05) is 6.07 Å². The molecule has 1 N–H and O–H groups in total. The largest absolute Gasteiger partial charge is 0.317 e. The fourth-order valence-electron chi connectivity index (χ4n) is 2.94. The molecule has 1 fully saturated rings. The van der Waals surface area contributed by atoms with Gasteiger partial charge in [-0.15, -0.1) is 0 Å². The highest BCUT2D eigenvalue weighted by Gasteiger charge is 2.17. The molecule has 0 bridgehead atoms. The van der Waals surface area contributed by atoms with Gasteiger partial charge in [0, 0.05) is 18.3 Å². The number of rotatable bonds is 4. The van der Waals surface area contributed by atoms with Crippen molar-refractivity contribution in [2.75, 3.05) is 13.1 Å². The number of piperidine rings is 1. The van der Waals surface area contributed by atoms with Crippen molar-refractivity contribution in [1.82, 2.24) is 15.3 Å². The highest BCUT2D eigenvalue weighted by molar-refractivity contribution is 5.33. The molecule has 2 aromatic rings. The van der Waals surface area contributed by atoms with Crippen LogP contribution in [0.5, 0.6) is 0 Å². The topological polar surface area (TPSA) is 61.6 Å². The number of aromatic nitrogens is 2. The van der Waals surface area contributed by atoms with Gasteiger partial charge in [0.25, 0.3) is 0 Å². The van der Waals surface area contributed by atoms with Gasteiger partial charge in [-0.3, -0.25) is 9.97 Å². The smallest absolute Gasteiger partial charge is 0.127 e. The maximum atomic E-state index is 13.9. The fraction of sp³-hybridized carbons (Fsp3) is 0.389. The summed E-state index contributed by atoms with van der Waals surface area (Å²) in [5.41, 5.74) is 2.89. The molecule has 0 saturated carbocycles. The summed E-state index contributed by atoms with van der Waals surface area (Å²) in [6.45, 7) is 2.04. The van der Waals surface area contributed by atoms with Gasteiger partial charge >= 0.3 is 0 Å². The number of halogens is 1. The van der Waals surface area contributed by atoms with E-state index in [0.29, 0.717) is 29.9 Å². The standard InChI is InChI=1S/C18H19FN4/c19-17-9-13(10-20)1-2-14(17)3-4-16-11-22-12-18(23-16)15-5-7-21-8-6-15/h1-2,9,11-12,15,21H,3-8H2. The van der Waals surface area contributed by atoms with Crippen LogP contribution < -0.4 is 5.32 Å². The first kappa shape index (κ1) is 15.6. The van der Waals surface area contributed by atoms with E-state index in [1.165, 1.54) is 6.07 Å². The van der Waals surface area contributed by atoms with E-state index in [-0.39, 0.29) is 5.82 Å². The van der Waals surface area contributed by atoms with Gasteiger partial charge in [-0.2, -0.15) is 5.26 Å². The Morgan fingerprint density at radius 3 is 2.78 bits per heavy atom. The van der Waals surface area contributed by atoms with Crippen LogP contribution in [0, 0.1) is 17.1 Å². The number of benzene rings is 1. The minimum absolute atomic E-state index is 0.327. The summed E-state index contributed by atoms with van der Waals surface area (Å²) in [5, 5.41) is 12.1. The highest BCUT2D eigenvalue weighted by atomic mass is 19.1. The maximum absolute atomic E-state index is 13.9. The summed E-state index contributed by atoms with van der Waals surface area (Å²) in [5.74, 6) is 0.141. The van der Waals surface area contributed by atoms with E-state index in [1.807, 2.05) is 12.3 Å². The first-order valence-corrected chi connectivity index (χ1v) is 7.96. The Morgan fingerprint density at radius 2 is 2.04 bits per heavy atom. The van der Waals surface area contributed by atoms with Crippen molar-refractivity contribution in [2.24, 2.45) is 0 Å². The maximum Gasteiger partial charge on any atom is 0.127 e. The zero-order valence-corrected chi connectivity index (χ0v) is 12.9. The number of hydrogen-bond acceptors (Lipinski definition) is 4. The Morgan fingerprint density at radius 1 is 1.22 bits per heavy atom. The van der Waals surface area contributed by atoms with Gasteiger partial charge in [0.15, 0.2) is 0 Å². The van der Waals surface area contributed by atoms with Crippen LogP contribution in [0.4, 0.5) is 4.39 Å². The summed E-state index contributed by atoms with van der Waals surface area (Å²) >= 11 is 0. The van der Waals surface area contributed by atoms with Crippen molar-refractivity contribution < 1.29 is 4.39 Å². The average Bonchev–Trinajstić information content (AvgIpc) is 2.61. The Hall–Kier alpha value is -2.32. The van der Waals surface area contributed by atoms with E-state index < -0.39 is 0 Å². The van der Waals surface area contributed by atoms with Crippen LogP contribution in [-0.4, -0.2) is 23.1 Å². The second-order valence-electron chi connectivity index (χ2n) is 5.88. The summed E-state index contributed by atoms with van der Waals surface area (Å²) in [7, 11) is 0. The Bertz CT molecular complexity index is 717. The molecular formula is C18H19FN4. The van der Waals surface area contributed by atoms with E-state index in [9.17, 15) is 4.39 Å². The van der Waals surface area contributed by atoms with Gasteiger partial charge < -0.3 is 5.32 Å². The molecular weight excluding hydrogens is 291 g/mol. The van der Waals surface area contributed by atoms with Gasteiger partial charge in [0.05, 0.1) is 23.0 Å². The molecule has 5 heteroatoms. The zero-order valence-electron chi connectivity index (χ0n) is 12.9. The fourth-order valence-corrected chi connectivity index (χ4v) is 2.94. The van der Waals surface area contributed by atoms with Crippen LogP contribution in [-0.2, 0) is 12.8 Å². The Kier molecular flexibility index (Phi) is 4.94. The molecule has 0 spiro atoms. The molecule has 2 heterocycles. The van der Waals surface area contributed by atoms with E-state index in [2.05, 4.69) is 10.3 Å². The first-order valence-electron chi connectivity index (χ1n) is 7.96.